The number of amides is 1. The van der Waals surface area contributed by atoms with Crippen molar-refractivity contribution < 1.29 is 9.53 Å². The molecule has 5 N–H and O–H groups in total. The third-order valence-corrected chi connectivity index (χ3v) is 1.90. The monoisotopic (exact) mass is 195 g/mol. The van der Waals surface area contributed by atoms with Gasteiger partial charge in [-0.25, -0.2) is 5.84 Å². The van der Waals surface area contributed by atoms with Gasteiger partial charge in [0.15, 0.2) is 0 Å². The number of ether oxygens (including phenoxy) is 1. The largest absolute Gasteiger partial charge is 0.497 e. The molecule has 0 spiro atoms. The second-order valence-corrected chi connectivity index (χ2v) is 2.76. The molecule has 0 heterocycles. The molecule has 76 valence electrons. The summed E-state index contributed by atoms with van der Waals surface area (Å²) in [6.45, 7) is 0. The first-order valence-electron chi connectivity index (χ1n) is 4.09. The fourth-order valence-corrected chi connectivity index (χ4v) is 1.05. The van der Waals surface area contributed by atoms with Crippen molar-refractivity contribution in [3.8, 4) is 5.75 Å². The van der Waals surface area contributed by atoms with Gasteiger partial charge in [0.1, 0.15) is 11.8 Å². The Labute approximate surface area is 82.0 Å². The van der Waals surface area contributed by atoms with Crippen LogP contribution >= 0.6 is 0 Å². The van der Waals surface area contributed by atoms with E-state index in [4.69, 9.17) is 16.3 Å². The van der Waals surface area contributed by atoms with Gasteiger partial charge in [-0.3, -0.25) is 10.2 Å². The van der Waals surface area contributed by atoms with Gasteiger partial charge in [-0.2, -0.15) is 0 Å². The molecular formula is C9H13N3O2. The molecule has 0 saturated carbocycles. The molecule has 0 fully saturated rings. The minimum atomic E-state index is -0.745. The number of methoxy groups -OCH3 is 1. The van der Waals surface area contributed by atoms with Gasteiger partial charge in [-0.1, -0.05) is 12.1 Å². The number of hydrazine groups is 1. The van der Waals surface area contributed by atoms with Crippen molar-refractivity contribution in [2.75, 3.05) is 7.11 Å². The average molecular weight is 195 g/mol. The Bertz CT molecular complexity index is 310. The summed E-state index contributed by atoms with van der Waals surface area (Å²) in [5.74, 6) is 5.26. The van der Waals surface area contributed by atoms with Crippen LogP contribution in [0.25, 0.3) is 0 Å². The Hall–Kier alpha value is -1.59. The zero-order valence-corrected chi connectivity index (χ0v) is 7.86. The van der Waals surface area contributed by atoms with E-state index in [0.717, 1.165) is 0 Å². The fourth-order valence-electron chi connectivity index (χ4n) is 1.05. The lowest BCUT2D eigenvalue weighted by Gasteiger charge is -2.10. The summed E-state index contributed by atoms with van der Waals surface area (Å²) in [6, 6.07) is 6.17. The van der Waals surface area contributed by atoms with Crippen molar-refractivity contribution >= 4 is 5.91 Å². The first-order valence-corrected chi connectivity index (χ1v) is 4.09. The SMILES string of the molecule is COc1ccc(C(N)C(=O)NN)cc1. The number of hydrogen-bond acceptors (Lipinski definition) is 4. The molecule has 1 aromatic rings. The summed E-state index contributed by atoms with van der Waals surface area (Å²) in [5.41, 5.74) is 8.29. The summed E-state index contributed by atoms with van der Waals surface area (Å²) < 4.78 is 4.97. The predicted molar refractivity (Wildman–Crippen MR) is 52.3 cm³/mol. The molecule has 5 heteroatoms. The molecule has 0 aromatic heterocycles. The van der Waals surface area contributed by atoms with Crippen molar-refractivity contribution in [2.45, 2.75) is 6.04 Å². The van der Waals surface area contributed by atoms with Crippen LogP contribution in [-0.4, -0.2) is 13.0 Å². The summed E-state index contributed by atoms with van der Waals surface area (Å²) in [7, 11) is 1.57. The summed E-state index contributed by atoms with van der Waals surface area (Å²) in [4.78, 5) is 11.1. The van der Waals surface area contributed by atoms with Crippen LogP contribution in [0.4, 0.5) is 0 Å². The van der Waals surface area contributed by atoms with E-state index in [2.05, 4.69) is 0 Å². The second kappa shape index (κ2) is 4.59. The van der Waals surface area contributed by atoms with Gasteiger partial charge >= 0.3 is 0 Å². The highest BCUT2D eigenvalue weighted by Gasteiger charge is 2.13. The molecule has 0 aliphatic rings. The number of benzene rings is 1. The molecule has 1 atom stereocenters. The lowest BCUT2D eigenvalue weighted by Crippen LogP contribution is -2.38. The Balaban J connectivity index is 2.81. The molecule has 5 nitrogen and oxygen atoms in total. The van der Waals surface area contributed by atoms with Gasteiger partial charge in [0.2, 0.25) is 0 Å². The van der Waals surface area contributed by atoms with Crippen LogP contribution in [0, 0.1) is 0 Å². The van der Waals surface area contributed by atoms with Crippen molar-refractivity contribution in [1.29, 1.82) is 0 Å². The highest BCUT2D eigenvalue weighted by Crippen LogP contribution is 2.15. The molecule has 1 rings (SSSR count). The van der Waals surface area contributed by atoms with Gasteiger partial charge in [0.05, 0.1) is 7.11 Å². The molecule has 0 bridgehead atoms. The molecule has 0 radical (unpaired) electrons. The van der Waals surface area contributed by atoms with E-state index in [0.29, 0.717) is 11.3 Å². The topological polar surface area (TPSA) is 90.4 Å². The number of carbonyl (C=O) groups is 1. The van der Waals surface area contributed by atoms with E-state index in [1.165, 1.54) is 0 Å². The minimum absolute atomic E-state index is 0.421. The van der Waals surface area contributed by atoms with Crippen LogP contribution in [0.2, 0.25) is 0 Å². The van der Waals surface area contributed by atoms with Crippen molar-refractivity contribution in [1.82, 2.24) is 5.43 Å². The second-order valence-electron chi connectivity index (χ2n) is 2.76. The lowest BCUT2D eigenvalue weighted by molar-refractivity contribution is -0.122. The van der Waals surface area contributed by atoms with E-state index in [1.54, 1.807) is 31.4 Å². The molecule has 0 aliphatic carbocycles. The van der Waals surface area contributed by atoms with Crippen LogP contribution in [0.15, 0.2) is 24.3 Å². The zero-order chi connectivity index (χ0) is 10.6. The van der Waals surface area contributed by atoms with Crippen LogP contribution in [-0.2, 0) is 4.79 Å². The fraction of sp³-hybridized carbons (Fsp3) is 0.222. The molecule has 1 amide bonds. The maximum absolute atomic E-state index is 11.1. The Kier molecular flexibility index (Phi) is 3.44. The van der Waals surface area contributed by atoms with E-state index >= 15 is 0 Å². The smallest absolute Gasteiger partial charge is 0.255 e. The molecular weight excluding hydrogens is 182 g/mol. The summed E-state index contributed by atoms with van der Waals surface area (Å²) in [6.07, 6.45) is 0. The van der Waals surface area contributed by atoms with E-state index in [-0.39, 0.29) is 0 Å². The quantitative estimate of drug-likeness (QED) is 0.350. The zero-order valence-electron chi connectivity index (χ0n) is 7.86. The van der Waals surface area contributed by atoms with Gasteiger partial charge in [0.25, 0.3) is 5.91 Å². The molecule has 0 saturated heterocycles. The standard InChI is InChI=1S/C9H13N3O2/c1-14-7-4-2-6(3-5-7)8(10)9(13)12-11/h2-5,8H,10-11H2,1H3,(H,12,13). The highest BCUT2D eigenvalue weighted by molar-refractivity contribution is 5.82. The third kappa shape index (κ3) is 2.21. The van der Waals surface area contributed by atoms with Gasteiger partial charge in [0, 0.05) is 0 Å². The maximum atomic E-state index is 11.1. The third-order valence-electron chi connectivity index (χ3n) is 1.90. The molecule has 14 heavy (non-hydrogen) atoms. The van der Waals surface area contributed by atoms with Crippen molar-refractivity contribution in [3.05, 3.63) is 29.8 Å². The number of hydrogen-bond donors (Lipinski definition) is 3. The van der Waals surface area contributed by atoms with Gasteiger partial charge < -0.3 is 10.5 Å². The molecule has 0 aliphatic heterocycles. The highest BCUT2D eigenvalue weighted by atomic mass is 16.5. The van der Waals surface area contributed by atoms with Crippen molar-refractivity contribution in [2.24, 2.45) is 11.6 Å². The van der Waals surface area contributed by atoms with Gasteiger partial charge in [-0.15, -0.1) is 0 Å². The van der Waals surface area contributed by atoms with Crippen LogP contribution < -0.4 is 21.7 Å². The minimum Gasteiger partial charge on any atom is -0.497 e. The number of carbonyl (C=O) groups excluding carboxylic acids is 1. The average Bonchev–Trinajstić information content (AvgIpc) is 2.27. The van der Waals surface area contributed by atoms with E-state index in [1.807, 2.05) is 5.43 Å². The van der Waals surface area contributed by atoms with E-state index in [9.17, 15) is 4.79 Å². The predicted octanol–water partition coefficient (Wildman–Crippen LogP) is -0.315. The summed E-state index contributed by atoms with van der Waals surface area (Å²) >= 11 is 0. The van der Waals surface area contributed by atoms with Crippen LogP contribution in [0.3, 0.4) is 0 Å². The first-order chi connectivity index (χ1) is 6.69. The molecule has 1 aromatic carbocycles. The van der Waals surface area contributed by atoms with Crippen molar-refractivity contribution in [3.63, 3.8) is 0 Å². The Morgan fingerprint density at radius 1 is 1.43 bits per heavy atom. The van der Waals surface area contributed by atoms with Crippen LogP contribution in [0.1, 0.15) is 11.6 Å². The maximum Gasteiger partial charge on any atom is 0.255 e. The van der Waals surface area contributed by atoms with Gasteiger partial charge in [-0.05, 0) is 17.7 Å². The van der Waals surface area contributed by atoms with Crippen LogP contribution in [0.5, 0.6) is 5.75 Å². The number of nitrogens with two attached hydrogens (primary N) is 2. The Morgan fingerprint density at radius 2 is 2.00 bits per heavy atom. The lowest BCUT2D eigenvalue weighted by atomic mass is 10.1. The Morgan fingerprint density at radius 3 is 2.43 bits per heavy atom. The normalized spacial score (nSPS) is 11.9. The molecule has 1 unspecified atom stereocenters. The number of nitrogens with one attached hydrogen (secondary N) is 1. The summed E-state index contributed by atoms with van der Waals surface area (Å²) in [5, 5.41) is 0. The van der Waals surface area contributed by atoms with E-state index < -0.39 is 11.9 Å². The number of rotatable bonds is 3. The first kappa shape index (κ1) is 10.5.